The fourth-order valence-corrected chi connectivity index (χ4v) is 4.85. The van der Waals surface area contributed by atoms with Crippen molar-refractivity contribution in [2.75, 3.05) is 14.1 Å². The summed E-state index contributed by atoms with van der Waals surface area (Å²) in [7, 11) is 3.85. The molecule has 0 aliphatic carbocycles. The molecular weight excluding hydrogens is 410 g/mol. The number of hydrogen-bond donors (Lipinski definition) is 1. The topological polar surface area (TPSA) is 85.3 Å². The number of esters is 1. The summed E-state index contributed by atoms with van der Waals surface area (Å²) in [6, 6.07) is -0.106. The monoisotopic (exact) mass is 453 g/mol. The van der Waals surface area contributed by atoms with Crippen LogP contribution in [0.4, 0.5) is 0 Å². The Morgan fingerprint density at radius 1 is 1.16 bits per heavy atom. The summed E-state index contributed by atoms with van der Waals surface area (Å²) in [5.74, 6) is -0.997. The van der Waals surface area contributed by atoms with Crippen molar-refractivity contribution in [2.45, 2.75) is 104 Å². The first-order valence-electron chi connectivity index (χ1n) is 12.0. The Morgan fingerprint density at radius 3 is 2.41 bits per heavy atom. The van der Waals surface area contributed by atoms with Crippen molar-refractivity contribution in [3.63, 3.8) is 0 Å². The highest BCUT2D eigenvalue weighted by Crippen LogP contribution is 2.32. The number of carbonyl (C=O) groups excluding carboxylic acids is 2. The average molecular weight is 454 g/mol. The molecule has 2 aliphatic heterocycles. The fraction of sp³-hybridized carbons (Fsp3) is 0.840. The lowest BCUT2D eigenvalue weighted by Gasteiger charge is -2.43. The maximum absolute atomic E-state index is 13.1. The standard InChI is InChI=1S/C25H43NO6/c1-9-21-14(2)10-11-20(27)15(3)12-16(4)23(18(6)24(29)31-21)32-25-22(28)19(26(7)8)13-17(5)30-25/h10,15-19,21-23,25,28H,9,11-13H2,1-8H3/t15-,16+,17?,18-,19?,21-,22?,23+,25?/m1/s1. The van der Waals surface area contributed by atoms with E-state index in [1.165, 1.54) is 0 Å². The van der Waals surface area contributed by atoms with Gasteiger partial charge < -0.3 is 24.2 Å². The minimum Gasteiger partial charge on any atom is -0.458 e. The van der Waals surface area contributed by atoms with E-state index in [1.807, 2.05) is 59.7 Å². The molecule has 7 heteroatoms. The quantitative estimate of drug-likeness (QED) is 0.516. The first-order chi connectivity index (χ1) is 15.0. The molecule has 1 saturated heterocycles. The van der Waals surface area contributed by atoms with Crippen molar-refractivity contribution in [3.8, 4) is 0 Å². The Kier molecular flexibility index (Phi) is 9.88. The molecule has 2 rings (SSSR count). The predicted molar refractivity (Wildman–Crippen MR) is 123 cm³/mol. The Balaban J connectivity index is 2.32. The van der Waals surface area contributed by atoms with Gasteiger partial charge in [0.25, 0.3) is 0 Å². The van der Waals surface area contributed by atoms with E-state index in [0.717, 1.165) is 5.57 Å². The highest BCUT2D eigenvalue weighted by atomic mass is 16.7. The van der Waals surface area contributed by atoms with Crippen LogP contribution in [0.15, 0.2) is 11.6 Å². The van der Waals surface area contributed by atoms with Crippen molar-refractivity contribution in [2.24, 2.45) is 17.8 Å². The van der Waals surface area contributed by atoms with Gasteiger partial charge in [0.15, 0.2) is 6.29 Å². The zero-order chi connectivity index (χ0) is 24.2. The lowest BCUT2D eigenvalue weighted by molar-refractivity contribution is -0.279. The Labute approximate surface area is 193 Å². The number of carbonyl (C=O) groups is 2. The third-order valence-electron chi connectivity index (χ3n) is 7.03. The lowest BCUT2D eigenvalue weighted by Crippen LogP contribution is -2.56. The van der Waals surface area contributed by atoms with Crippen molar-refractivity contribution in [3.05, 3.63) is 11.6 Å². The number of nitrogens with zero attached hydrogens (tertiary/aromatic N) is 1. The molecule has 0 radical (unpaired) electrons. The first kappa shape index (κ1) is 27.0. The van der Waals surface area contributed by atoms with E-state index < -0.39 is 24.4 Å². The molecule has 1 fully saturated rings. The Morgan fingerprint density at radius 2 is 1.81 bits per heavy atom. The van der Waals surface area contributed by atoms with Crippen molar-refractivity contribution in [1.82, 2.24) is 4.90 Å². The van der Waals surface area contributed by atoms with Crippen molar-refractivity contribution >= 4 is 11.8 Å². The fourth-order valence-electron chi connectivity index (χ4n) is 4.85. The van der Waals surface area contributed by atoms with E-state index in [9.17, 15) is 14.7 Å². The van der Waals surface area contributed by atoms with Gasteiger partial charge in [-0.3, -0.25) is 9.59 Å². The summed E-state index contributed by atoms with van der Waals surface area (Å²) >= 11 is 0. The van der Waals surface area contributed by atoms with Crippen LogP contribution in [-0.4, -0.2) is 72.6 Å². The van der Waals surface area contributed by atoms with Gasteiger partial charge in [-0.15, -0.1) is 0 Å². The molecule has 2 aliphatic rings. The van der Waals surface area contributed by atoms with Gasteiger partial charge >= 0.3 is 5.97 Å². The van der Waals surface area contributed by atoms with E-state index >= 15 is 0 Å². The summed E-state index contributed by atoms with van der Waals surface area (Å²) in [6.45, 7) is 11.5. The molecule has 1 N–H and O–H groups in total. The smallest absolute Gasteiger partial charge is 0.311 e. The van der Waals surface area contributed by atoms with Gasteiger partial charge in [0.2, 0.25) is 0 Å². The zero-order valence-corrected chi connectivity index (χ0v) is 21.0. The van der Waals surface area contributed by atoms with E-state index in [-0.39, 0.29) is 41.8 Å². The van der Waals surface area contributed by atoms with Crippen LogP contribution in [0.1, 0.15) is 67.2 Å². The molecule has 2 heterocycles. The van der Waals surface area contributed by atoms with E-state index in [1.54, 1.807) is 6.92 Å². The maximum atomic E-state index is 13.1. The number of ether oxygens (including phenoxy) is 3. The summed E-state index contributed by atoms with van der Waals surface area (Å²) in [4.78, 5) is 27.8. The number of ketones is 1. The summed E-state index contributed by atoms with van der Waals surface area (Å²) in [6.07, 6.45) is 1.45. The molecule has 0 aromatic rings. The highest BCUT2D eigenvalue weighted by molar-refractivity contribution is 5.82. The van der Waals surface area contributed by atoms with Crippen molar-refractivity contribution in [1.29, 1.82) is 0 Å². The molecule has 0 bridgehead atoms. The Bertz CT molecular complexity index is 677. The van der Waals surface area contributed by atoms with Crippen LogP contribution < -0.4 is 0 Å². The third-order valence-corrected chi connectivity index (χ3v) is 7.03. The number of rotatable bonds is 4. The number of cyclic esters (lactones) is 1. The molecule has 0 spiro atoms. The molecule has 0 amide bonds. The van der Waals surface area contributed by atoms with Crippen molar-refractivity contribution < 1.29 is 28.9 Å². The molecule has 184 valence electrons. The van der Waals surface area contributed by atoms with Crippen LogP contribution in [0.25, 0.3) is 0 Å². The van der Waals surface area contributed by atoms with Crippen LogP contribution in [0, 0.1) is 17.8 Å². The molecule has 32 heavy (non-hydrogen) atoms. The number of aliphatic hydroxyl groups excluding tert-OH is 1. The predicted octanol–water partition coefficient (Wildman–Crippen LogP) is 3.34. The van der Waals surface area contributed by atoms with Gasteiger partial charge in [-0.25, -0.2) is 0 Å². The largest absolute Gasteiger partial charge is 0.458 e. The number of likely N-dealkylation sites (N-methyl/N-ethyl adjacent to an activating group) is 1. The second-order valence-electron chi connectivity index (χ2n) is 10.0. The Hall–Kier alpha value is -1.28. The SMILES string of the molecule is CC[C@H]1OC(=O)[C@H](C)[C@@H](OC2OC(C)CC(N(C)C)C2O)[C@@H](C)C[C@@H](C)C(=O)CC=C1C. The average Bonchev–Trinajstić information content (AvgIpc) is 2.73. The zero-order valence-electron chi connectivity index (χ0n) is 21.0. The summed E-state index contributed by atoms with van der Waals surface area (Å²) in [5.41, 5.74) is 0.897. The number of hydrogen-bond acceptors (Lipinski definition) is 7. The van der Waals surface area contributed by atoms with E-state index in [4.69, 9.17) is 14.2 Å². The number of Topliss-reactive ketones (excluding diaryl/α,β-unsaturated/α-hetero) is 1. The number of allylic oxidation sites excluding steroid dienone is 1. The molecular formula is C25H43NO6. The van der Waals surface area contributed by atoms with Crippen LogP contribution in [-0.2, 0) is 23.8 Å². The van der Waals surface area contributed by atoms with Crippen LogP contribution in [0.2, 0.25) is 0 Å². The minimum absolute atomic E-state index is 0.0858. The van der Waals surface area contributed by atoms with Crippen LogP contribution >= 0.6 is 0 Å². The van der Waals surface area contributed by atoms with E-state index in [2.05, 4.69) is 0 Å². The maximum Gasteiger partial charge on any atom is 0.311 e. The molecule has 9 atom stereocenters. The first-order valence-corrected chi connectivity index (χ1v) is 12.0. The van der Waals surface area contributed by atoms with Crippen LogP contribution in [0.5, 0.6) is 0 Å². The second-order valence-corrected chi connectivity index (χ2v) is 10.0. The van der Waals surface area contributed by atoms with Crippen LogP contribution in [0.3, 0.4) is 0 Å². The molecule has 0 aromatic carbocycles. The second kappa shape index (κ2) is 11.7. The molecule has 7 nitrogen and oxygen atoms in total. The number of aliphatic hydroxyl groups is 1. The van der Waals surface area contributed by atoms with Gasteiger partial charge in [-0.1, -0.05) is 26.8 Å². The molecule has 4 unspecified atom stereocenters. The minimum atomic E-state index is -0.851. The molecule has 0 saturated carbocycles. The normalized spacial score (nSPS) is 40.3. The third kappa shape index (κ3) is 6.62. The van der Waals surface area contributed by atoms with Gasteiger partial charge in [0, 0.05) is 18.4 Å². The van der Waals surface area contributed by atoms with E-state index in [0.29, 0.717) is 25.7 Å². The van der Waals surface area contributed by atoms with Gasteiger partial charge in [-0.05, 0) is 65.6 Å². The highest BCUT2D eigenvalue weighted by Gasteiger charge is 2.42. The summed E-state index contributed by atoms with van der Waals surface area (Å²) < 4.78 is 18.1. The van der Waals surface area contributed by atoms with Gasteiger partial charge in [0.05, 0.1) is 18.1 Å². The molecule has 0 aromatic heterocycles. The summed E-state index contributed by atoms with van der Waals surface area (Å²) in [5, 5.41) is 10.9. The van der Waals surface area contributed by atoms with Gasteiger partial charge in [0.1, 0.15) is 18.0 Å². The lowest BCUT2D eigenvalue weighted by atomic mass is 9.84. The van der Waals surface area contributed by atoms with Gasteiger partial charge in [-0.2, -0.15) is 0 Å².